The zero-order chi connectivity index (χ0) is 35.4. The van der Waals surface area contributed by atoms with Crippen LogP contribution in [0.15, 0.2) is 48.6 Å². The van der Waals surface area contributed by atoms with Crippen molar-refractivity contribution in [1.82, 2.24) is 0 Å². The molecule has 0 amide bonds. The molecule has 1 nitrogen and oxygen atoms in total. The van der Waals surface area contributed by atoms with Crippen molar-refractivity contribution < 1.29 is 4.74 Å². The van der Waals surface area contributed by atoms with Gasteiger partial charge in [-0.05, 0) is 84.7 Å². The maximum atomic E-state index is 6.13. The second kappa shape index (κ2) is 28.6. The Morgan fingerprint density at radius 1 is 0.490 bits per heavy atom. The summed E-state index contributed by atoms with van der Waals surface area (Å²) in [7, 11) is 0. The molecule has 0 saturated carbocycles. The normalized spacial score (nSPS) is 13.2. The van der Waals surface area contributed by atoms with Gasteiger partial charge in [0.05, 0.1) is 13.2 Å². The van der Waals surface area contributed by atoms with Crippen molar-refractivity contribution in [2.45, 2.75) is 196 Å². The van der Waals surface area contributed by atoms with Gasteiger partial charge in [0.25, 0.3) is 0 Å². The lowest BCUT2D eigenvalue weighted by molar-refractivity contribution is 0.107. The topological polar surface area (TPSA) is 9.23 Å². The van der Waals surface area contributed by atoms with Gasteiger partial charge in [-0.3, -0.25) is 0 Å². The molecule has 0 aliphatic rings. The molecule has 1 heteroatoms. The monoisotopic (exact) mass is 671 g/mol. The largest absolute Gasteiger partial charge is 0.372 e. The van der Waals surface area contributed by atoms with Gasteiger partial charge in [0.15, 0.2) is 0 Å². The quantitative estimate of drug-likeness (QED) is 0.0752. The molecule has 0 heterocycles. The summed E-state index contributed by atoms with van der Waals surface area (Å²) in [6.07, 6.45) is 39.7. The number of benzene rings is 2. The van der Waals surface area contributed by atoms with Gasteiger partial charge < -0.3 is 4.74 Å². The maximum Gasteiger partial charge on any atom is 0.0721 e. The summed E-state index contributed by atoms with van der Waals surface area (Å²) in [5, 5.41) is 0. The first-order valence-corrected chi connectivity index (χ1v) is 21.0. The lowest BCUT2D eigenvalue weighted by Crippen LogP contribution is -1.96. The van der Waals surface area contributed by atoms with Crippen LogP contribution in [-0.4, -0.2) is 0 Å². The van der Waals surface area contributed by atoms with Crippen LogP contribution in [0.1, 0.15) is 202 Å². The van der Waals surface area contributed by atoms with E-state index in [1.807, 2.05) is 0 Å². The van der Waals surface area contributed by atoms with Crippen LogP contribution in [0.4, 0.5) is 0 Å². The lowest BCUT2D eigenvalue weighted by atomic mass is 9.99. The fourth-order valence-corrected chi connectivity index (χ4v) is 6.78. The van der Waals surface area contributed by atoms with Gasteiger partial charge in [-0.1, -0.05) is 204 Å². The van der Waals surface area contributed by atoms with E-state index in [0.717, 1.165) is 11.8 Å². The molecule has 2 atom stereocenters. The zero-order valence-corrected chi connectivity index (χ0v) is 33.3. The molecule has 2 aromatic carbocycles. The highest BCUT2D eigenvalue weighted by molar-refractivity contribution is 5.55. The van der Waals surface area contributed by atoms with E-state index in [1.54, 1.807) is 0 Å². The molecule has 2 aromatic rings. The molecule has 0 saturated heterocycles. The summed E-state index contributed by atoms with van der Waals surface area (Å²) < 4.78 is 6.13. The van der Waals surface area contributed by atoms with Gasteiger partial charge in [-0.25, -0.2) is 0 Å². The Morgan fingerprint density at radius 3 is 1.18 bits per heavy atom. The van der Waals surface area contributed by atoms with Crippen LogP contribution in [0.5, 0.6) is 0 Å². The predicted molar refractivity (Wildman–Crippen MR) is 220 cm³/mol. The predicted octanol–water partition coefficient (Wildman–Crippen LogP) is 15.9. The van der Waals surface area contributed by atoms with Crippen LogP contribution in [0, 0.1) is 25.7 Å². The lowest BCUT2D eigenvalue weighted by Gasteiger charge is -2.09. The Morgan fingerprint density at radius 2 is 0.837 bits per heavy atom. The second-order valence-electron chi connectivity index (χ2n) is 15.5. The van der Waals surface area contributed by atoms with Gasteiger partial charge in [0.1, 0.15) is 0 Å². The zero-order valence-electron chi connectivity index (χ0n) is 33.3. The van der Waals surface area contributed by atoms with Crippen molar-refractivity contribution in [3.63, 3.8) is 0 Å². The van der Waals surface area contributed by atoms with Crippen LogP contribution >= 0.6 is 0 Å². The summed E-state index contributed by atoms with van der Waals surface area (Å²) in [4.78, 5) is 0. The average molecular weight is 671 g/mol. The summed E-state index contributed by atoms with van der Waals surface area (Å²) in [5.74, 6) is 1.83. The fraction of sp³-hybridized carbons (Fsp3) is 0.667. The second-order valence-corrected chi connectivity index (χ2v) is 15.5. The average Bonchev–Trinajstić information content (AvgIpc) is 3.10. The molecule has 0 aromatic heterocycles. The van der Waals surface area contributed by atoms with Crippen molar-refractivity contribution in [1.29, 1.82) is 0 Å². The highest BCUT2D eigenvalue weighted by Crippen LogP contribution is 2.19. The summed E-state index contributed by atoms with van der Waals surface area (Å²) in [6.45, 7) is 15.2. The van der Waals surface area contributed by atoms with Crippen LogP contribution < -0.4 is 0 Å². The van der Waals surface area contributed by atoms with E-state index in [-0.39, 0.29) is 0 Å². The van der Waals surface area contributed by atoms with E-state index < -0.39 is 0 Å². The van der Waals surface area contributed by atoms with Crippen molar-refractivity contribution in [2.24, 2.45) is 11.8 Å². The Balaban J connectivity index is 1.54. The summed E-state index contributed by atoms with van der Waals surface area (Å²) in [6, 6.07) is 13.5. The summed E-state index contributed by atoms with van der Waals surface area (Å²) in [5.41, 5.74) is 7.84. The number of ether oxygens (including phenoxy) is 1. The van der Waals surface area contributed by atoms with Crippen molar-refractivity contribution in [3.8, 4) is 0 Å². The highest BCUT2D eigenvalue weighted by atomic mass is 16.5. The molecule has 0 bridgehead atoms. The van der Waals surface area contributed by atoms with E-state index in [9.17, 15) is 0 Å². The Hall–Kier alpha value is -2.12. The highest BCUT2D eigenvalue weighted by Gasteiger charge is 2.03. The first kappa shape index (κ1) is 43.0. The molecule has 0 aliphatic carbocycles. The van der Waals surface area contributed by atoms with Gasteiger partial charge >= 0.3 is 0 Å². The van der Waals surface area contributed by atoms with Gasteiger partial charge in [-0.15, -0.1) is 0 Å². The summed E-state index contributed by atoms with van der Waals surface area (Å²) >= 11 is 0. The smallest absolute Gasteiger partial charge is 0.0721 e. The molecular formula is C48H78O. The van der Waals surface area contributed by atoms with Crippen LogP contribution in [0.25, 0.3) is 12.2 Å². The van der Waals surface area contributed by atoms with Crippen LogP contribution in [-0.2, 0) is 18.0 Å². The molecule has 2 rings (SSSR count). The van der Waals surface area contributed by atoms with Crippen LogP contribution in [0.2, 0.25) is 0 Å². The minimum absolute atomic E-state index is 0.654. The minimum atomic E-state index is 0.654. The third-order valence-corrected chi connectivity index (χ3v) is 10.8. The SMILES string of the molecule is CCC(C)CCCCCCCCCCC=Cc1ccc(COCc2ccc(C=CCCCCCCCCCCC(C)CC)c(C)c2)cc1C. The standard InChI is InChI=1S/C48H78O/c1-7-41(3)29-25-21-17-13-9-11-15-19-23-27-31-47-35-33-45(37-43(47)5)39-49-40-46-34-36-48(44(6)38-46)32-28-24-20-16-12-10-14-18-22-26-30-42(4)8-2/h27-28,31-38,41-42H,7-26,29-30,39-40H2,1-6H3. The molecule has 49 heavy (non-hydrogen) atoms. The number of hydrogen-bond donors (Lipinski definition) is 0. The van der Waals surface area contributed by atoms with Crippen molar-refractivity contribution in [3.05, 3.63) is 81.9 Å². The third kappa shape index (κ3) is 21.6. The third-order valence-electron chi connectivity index (χ3n) is 10.8. The van der Waals surface area contributed by atoms with Crippen molar-refractivity contribution in [2.75, 3.05) is 0 Å². The van der Waals surface area contributed by atoms with Gasteiger partial charge in [0, 0.05) is 0 Å². The van der Waals surface area contributed by atoms with E-state index >= 15 is 0 Å². The molecule has 2 unspecified atom stereocenters. The van der Waals surface area contributed by atoms with E-state index in [2.05, 4.69) is 102 Å². The molecule has 0 fully saturated rings. The molecule has 0 spiro atoms. The fourth-order valence-electron chi connectivity index (χ4n) is 6.78. The molecule has 0 N–H and O–H groups in total. The maximum absolute atomic E-state index is 6.13. The number of hydrogen-bond acceptors (Lipinski definition) is 1. The molecular weight excluding hydrogens is 593 g/mol. The number of rotatable bonds is 30. The molecule has 0 aliphatic heterocycles. The Kier molecular flexibility index (Phi) is 25.1. The van der Waals surface area contributed by atoms with E-state index in [1.165, 1.54) is 175 Å². The molecule has 276 valence electrons. The Bertz CT molecular complexity index is 1050. The number of aryl methyl sites for hydroxylation is 2. The van der Waals surface area contributed by atoms with E-state index in [0.29, 0.717) is 13.2 Å². The van der Waals surface area contributed by atoms with Gasteiger partial charge in [0.2, 0.25) is 0 Å². The first-order valence-electron chi connectivity index (χ1n) is 21.0. The van der Waals surface area contributed by atoms with E-state index in [4.69, 9.17) is 4.74 Å². The molecule has 0 radical (unpaired) electrons. The number of unbranched alkanes of at least 4 members (excludes halogenated alkanes) is 16. The first-order chi connectivity index (χ1) is 23.9. The van der Waals surface area contributed by atoms with Crippen molar-refractivity contribution >= 4 is 12.2 Å². The number of allylic oxidation sites excluding steroid dienone is 2. The van der Waals surface area contributed by atoms with Crippen LogP contribution in [0.3, 0.4) is 0 Å². The Labute approximate surface area is 305 Å². The van der Waals surface area contributed by atoms with Gasteiger partial charge in [-0.2, -0.15) is 0 Å². The minimum Gasteiger partial charge on any atom is -0.372 e.